The maximum absolute atomic E-state index is 10.1. The third-order valence-electron chi connectivity index (χ3n) is 2.85. The molecule has 0 aliphatic carbocycles. The predicted octanol–water partition coefficient (Wildman–Crippen LogP) is 3.14. The lowest BCUT2D eigenvalue weighted by molar-refractivity contribution is 0.133. The van der Waals surface area contributed by atoms with Crippen molar-refractivity contribution in [3.8, 4) is 0 Å². The van der Waals surface area contributed by atoms with Gasteiger partial charge in [0.25, 0.3) is 0 Å². The zero-order valence-electron chi connectivity index (χ0n) is 10.1. The molecule has 0 aromatic heterocycles. The molecule has 3 heteroatoms. The van der Waals surface area contributed by atoms with Gasteiger partial charge in [0.1, 0.15) is 0 Å². The van der Waals surface area contributed by atoms with E-state index in [1.54, 1.807) is 6.07 Å². The van der Waals surface area contributed by atoms with E-state index in [1.165, 1.54) is 0 Å². The lowest BCUT2D eigenvalue weighted by Gasteiger charge is -2.29. The van der Waals surface area contributed by atoms with Gasteiger partial charge in [-0.2, -0.15) is 0 Å². The average Bonchev–Trinajstić information content (AvgIpc) is 2.16. The number of aliphatic hydroxyl groups is 1. The van der Waals surface area contributed by atoms with Crippen LogP contribution in [0.15, 0.2) is 24.3 Å². The van der Waals surface area contributed by atoms with Crippen LogP contribution in [0.25, 0.3) is 0 Å². The van der Waals surface area contributed by atoms with E-state index in [0.717, 1.165) is 5.56 Å². The van der Waals surface area contributed by atoms with E-state index < -0.39 is 6.10 Å². The Hall–Kier alpha value is -0.570. The van der Waals surface area contributed by atoms with Crippen LogP contribution in [0.2, 0.25) is 5.02 Å². The summed E-state index contributed by atoms with van der Waals surface area (Å²) >= 11 is 6.02. The Kier molecular flexibility index (Phi) is 4.36. The SMILES string of the molecule is CC(C)(C)[C@@H](N)C[C@@H](O)c1ccccc1Cl. The summed E-state index contributed by atoms with van der Waals surface area (Å²) in [5.74, 6) is 0. The first-order chi connectivity index (χ1) is 7.32. The number of halogens is 1. The maximum Gasteiger partial charge on any atom is 0.0819 e. The largest absolute Gasteiger partial charge is 0.388 e. The molecule has 0 unspecified atom stereocenters. The number of hydrogen-bond acceptors (Lipinski definition) is 2. The highest BCUT2D eigenvalue weighted by Crippen LogP contribution is 2.29. The van der Waals surface area contributed by atoms with Gasteiger partial charge >= 0.3 is 0 Å². The Bertz CT molecular complexity index is 346. The molecule has 0 fully saturated rings. The molecule has 0 aliphatic heterocycles. The molecule has 0 saturated carbocycles. The maximum atomic E-state index is 10.1. The molecule has 2 atom stereocenters. The van der Waals surface area contributed by atoms with Crippen molar-refractivity contribution < 1.29 is 5.11 Å². The van der Waals surface area contributed by atoms with Crippen LogP contribution in [0.1, 0.15) is 38.9 Å². The number of hydrogen-bond donors (Lipinski definition) is 2. The highest BCUT2D eigenvalue weighted by Gasteiger charge is 2.24. The van der Waals surface area contributed by atoms with Gasteiger partial charge < -0.3 is 10.8 Å². The molecule has 1 aromatic carbocycles. The Balaban J connectivity index is 2.73. The third-order valence-corrected chi connectivity index (χ3v) is 3.20. The Labute approximate surface area is 102 Å². The summed E-state index contributed by atoms with van der Waals surface area (Å²) in [5.41, 5.74) is 6.78. The topological polar surface area (TPSA) is 46.2 Å². The fraction of sp³-hybridized carbons (Fsp3) is 0.538. The second kappa shape index (κ2) is 5.17. The van der Waals surface area contributed by atoms with Crippen molar-refractivity contribution in [1.82, 2.24) is 0 Å². The van der Waals surface area contributed by atoms with E-state index in [9.17, 15) is 5.11 Å². The van der Waals surface area contributed by atoms with E-state index >= 15 is 0 Å². The summed E-state index contributed by atoms with van der Waals surface area (Å²) in [6.45, 7) is 6.20. The zero-order chi connectivity index (χ0) is 12.3. The van der Waals surface area contributed by atoms with E-state index in [4.69, 9.17) is 17.3 Å². The minimum atomic E-state index is -0.595. The van der Waals surface area contributed by atoms with Crippen molar-refractivity contribution >= 4 is 11.6 Å². The molecule has 0 bridgehead atoms. The van der Waals surface area contributed by atoms with Crippen LogP contribution in [0, 0.1) is 5.41 Å². The number of nitrogens with two attached hydrogens (primary N) is 1. The number of benzene rings is 1. The molecule has 90 valence electrons. The van der Waals surface area contributed by atoms with Crippen LogP contribution in [0.4, 0.5) is 0 Å². The fourth-order valence-corrected chi connectivity index (χ4v) is 1.73. The Morgan fingerprint density at radius 1 is 1.31 bits per heavy atom. The molecule has 16 heavy (non-hydrogen) atoms. The lowest BCUT2D eigenvalue weighted by atomic mass is 9.83. The van der Waals surface area contributed by atoms with Crippen molar-refractivity contribution in [1.29, 1.82) is 0 Å². The predicted molar refractivity (Wildman–Crippen MR) is 68.5 cm³/mol. The summed E-state index contributed by atoms with van der Waals surface area (Å²) in [6.07, 6.45) is -0.0734. The normalized spacial score (nSPS) is 15.9. The van der Waals surface area contributed by atoms with Crippen LogP contribution in [-0.2, 0) is 0 Å². The standard InChI is InChI=1S/C13H20ClNO/c1-13(2,3)12(15)8-11(16)9-6-4-5-7-10(9)14/h4-7,11-12,16H,8,15H2,1-3H3/t11-,12+/m1/s1. The van der Waals surface area contributed by atoms with Gasteiger partial charge in [-0.05, 0) is 23.5 Å². The van der Waals surface area contributed by atoms with Gasteiger partial charge in [-0.3, -0.25) is 0 Å². The van der Waals surface area contributed by atoms with Gasteiger partial charge in [0.05, 0.1) is 6.10 Å². The Morgan fingerprint density at radius 2 is 1.88 bits per heavy atom. The molecule has 2 nitrogen and oxygen atoms in total. The minimum Gasteiger partial charge on any atom is -0.388 e. The van der Waals surface area contributed by atoms with Gasteiger partial charge in [0.2, 0.25) is 0 Å². The van der Waals surface area contributed by atoms with Gasteiger partial charge in [-0.25, -0.2) is 0 Å². The second-order valence-corrected chi connectivity index (χ2v) is 5.65. The van der Waals surface area contributed by atoms with Crippen LogP contribution in [-0.4, -0.2) is 11.1 Å². The van der Waals surface area contributed by atoms with Crippen LogP contribution in [0.5, 0.6) is 0 Å². The molecular formula is C13H20ClNO. The van der Waals surface area contributed by atoms with Crippen molar-refractivity contribution in [2.45, 2.75) is 39.3 Å². The van der Waals surface area contributed by atoms with Crippen molar-refractivity contribution in [3.63, 3.8) is 0 Å². The summed E-state index contributed by atoms with van der Waals surface area (Å²) in [6, 6.07) is 7.28. The van der Waals surface area contributed by atoms with Gasteiger partial charge in [0, 0.05) is 11.1 Å². The Morgan fingerprint density at radius 3 is 2.38 bits per heavy atom. The van der Waals surface area contributed by atoms with E-state index in [-0.39, 0.29) is 11.5 Å². The highest BCUT2D eigenvalue weighted by atomic mass is 35.5. The second-order valence-electron chi connectivity index (χ2n) is 5.25. The minimum absolute atomic E-state index is 0.0117. The monoisotopic (exact) mass is 241 g/mol. The highest BCUT2D eigenvalue weighted by molar-refractivity contribution is 6.31. The quantitative estimate of drug-likeness (QED) is 0.854. The van der Waals surface area contributed by atoms with Gasteiger partial charge in [0.15, 0.2) is 0 Å². The van der Waals surface area contributed by atoms with Crippen LogP contribution in [0.3, 0.4) is 0 Å². The summed E-state index contributed by atoms with van der Waals surface area (Å²) in [4.78, 5) is 0. The van der Waals surface area contributed by atoms with Crippen molar-refractivity contribution in [2.75, 3.05) is 0 Å². The molecule has 1 rings (SSSR count). The molecule has 0 spiro atoms. The zero-order valence-corrected chi connectivity index (χ0v) is 10.8. The molecule has 1 aromatic rings. The number of aliphatic hydroxyl groups excluding tert-OH is 1. The van der Waals surface area contributed by atoms with Crippen molar-refractivity contribution in [2.24, 2.45) is 11.1 Å². The summed E-state index contributed by atoms with van der Waals surface area (Å²) < 4.78 is 0. The van der Waals surface area contributed by atoms with Crippen LogP contribution < -0.4 is 5.73 Å². The lowest BCUT2D eigenvalue weighted by Crippen LogP contribution is -2.36. The third kappa shape index (κ3) is 3.48. The van der Waals surface area contributed by atoms with E-state index in [0.29, 0.717) is 11.4 Å². The fourth-order valence-electron chi connectivity index (χ4n) is 1.47. The van der Waals surface area contributed by atoms with Crippen molar-refractivity contribution in [3.05, 3.63) is 34.9 Å². The molecule has 0 saturated heterocycles. The molecule has 0 aliphatic rings. The smallest absolute Gasteiger partial charge is 0.0819 e. The van der Waals surface area contributed by atoms with Gasteiger partial charge in [-0.15, -0.1) is 0 Å². The molecular weight excluding hydrogens is 222 g/mol. The molecule has 3 N–H and O–H groups in total. The van der Waals surface area contributed by atoms with E-state index in [2.05, 4.69) is 20.8 Å². The molecule has 0 radical (unpaired) electrons. The summed E-state index contributed by atoms with van der Waals surface area (Å²) in [5, 5.41) is 10.7. The molecule has 0 heterocycles. The first kappa shape index (κ1) is 13.5. The number of rotatable bonds is 3. The first-order valence-corrected chi connectivity index (χ1v) is 5.88. The molecule has 0 amide bonds. The first-order valence-electron chi connectivity index (χ1n) is 5.50. The van der Waals surface area contributed by atoms with Crippen LogP contribution >= 0.6 is 11.6 Å². The van der Waals surface area contributed by atoms with E-state index in [1.807, 2.05) is 18.2 Å². The average molecular weight is 242 g/mol. The van der Waals surface area contributed by atoms with Gasteiger partial charge in [-0.1, -0.05) is 50.6 Å². The summed E-state index contributed by atoms with van der Waals surface area (Å²) in [7, 11) is 0.